The van der Waals surface area contributed by atoms with Crippen molar-refractivity contribution in [3.05, 3.63) is 36.3 Å². The summed E-state index contributed by atoms with van der Waals surface area (Å²) in [5, 5.41) is 12.1. The molecule has 0 spiro atoms. The van der Waals surface area contributed by atoms with Gasteiger partial charge in [0.2, 0.25) is 5.91 Å². The molecule has 0 aliphatic carbocycles. The summed E-state index contributed by atoms with van der Waals surface area (Å²) in [4.78, 5) is 27.8. The van der Waals surface area contributed by atoms with E-state index in [9.17, 15) is 10.1 Å². The normalized spacial score (nSPS) is 19.7. The molecule has 3 heterocycles. The van der Waals surface area contributed by atoms with Gasteiger partial charge >= 0.3 is 0 Å². The third-order valence-corrected chi connectivity index (χ3v) is 3.89. The molecule has 0 radical (unpaired) electrons. The summed E-state index contributed by atoms with van der Waals surface area (Å²) in [6.07, 6.45) is 4.80. The lowest BCUT2D eigenvalue weighted by Gasteiger charge is -2.10. The maximum atomic E-state index is 12.0. The van der Waals surface area contributed by atoms with Crippen LogP contribution in [-0.2, 0) is 10.2 Å². The van der Waals surface area contributed by atoms with Gasteiger partial charge in [-0.3, -0.25) is 9.78 Å². The number of aromatic amines is 1. The zero-order valence-electron chi connectivity index (χ0n) is 11.6. The van der Waals surface area contributed by atoms with Gasteiger partial charge in [-0.15, -0.1) is 0 Å². The maximum absolute atomic E-state index is 12.0. The number of aromatic nitrogens is 4. The predicted octanol–water partition coefficient (Wildman–Crippen LogP) is 1.75. The smallest absolute Gasteiger partial charge is 0.249 e. The van der Waals surface area contributed by atoms with Gasteiger partial charge in [-0.1, -0.05) is 0 Å². The number of rotatable bonds is 1. The van der Waals surface area contributed by atoms with Crippen LogP contribution in [0, 0.1) is 11.3 Å². The molecule has 1 aromatic carbocycles. The van der Waals surface area contributed by atoms with E-state index >= 15 is 0 Å². The molecule has 4 rings (SSSR count). The summed E-state index contributed by atoms with van der Waals surface area (Å²) >= 11 is 0. The lowest BCUT2D eigenvalue weighted by atomic mass is 9.85. The standard InChI is InChI=1S/C15H10N6O/c1-15(7-16)8-4-10-11(5-9(8)21-14(15)22)20-13(19-10)12-6-17-2-3-18-12/h2-6H,1H3,(H,19,20)(H,21,22). The minimum absolute atomic E-state index is 0.313. The molecule has 1 unspecified atom stereocenters. The summed E-state index contributed by atoms with van der Waals surface area (Å²) < 4.78 is 0. The van der Waals surface area contributed by atoms with Crippen molar-refractivity contribution in [2.75, 3.05) is 5.32 Å². The van der Waals surface area contributed by atoms with Gasteiger partial charge in [0.15, 0.2) is 11.2 Å². The van der Waals surface area contributed by atoms with Gasteiger partial charge in [0, 0.05) is 23.6 Å². The van der Waals surface area contributed by atoms with Crippen molar-refractivity contribution in [3.8, 4) is 17.6 Å². The van der Waals surface area contributed by atoms with Crippen molar-refractivity contribution in [3.63, 3.8) is 0 Å². The number of hydrogen-bond donors (Lipinski definition) is 2. The third kappa shape index (κ3) is 1.55. The number of nitriles is 1. The minimum atomic E-state index is -1.19. The first-order valence-electron chi connectivity index (χ1n) is 6.65. The second-order valence-electron chi connectivity index (χ2n) is 5.28. The number of nitrogens with zero attached hydrogens (tertiary/aromatic N) is 4. The summed E-state index contributed by atoms with van der Waals surface area (Å²) in [5.74, 6) is 0.281. The fourth-order valence-corrected chi connectivity index (χ4v) is 2.60. The number of fused-ring (bicyclic) bond motifs is 2. The van der Waals surface area contributed by atoms with E-state index in [1.54, 1.807) is 37.6 Å². The lowest BCUT2D eigenvalue weighted by Crippen LogP contribution is -2.28. The van der Waals surface area contributed by atoms with E-state index in [0.29, 0.717) is 28.3 Å². The highest BCUT2D eigenvalue weighted by Gasteiger charge is 2.43. The predicted molar refractivity (Wildman–Crippen MR) is 78.7 cm³/mol. The molecule has 0 fully saturated rings. The van der Waals surface area contributed by atoms with Crippen molar-refractivity contribution in [1.82, 2.24) is 19.9 Å². The Balaban J connectivity index is 1.92. The van der Waals surface area contributed by atoms with Gasteiger partial charge in [0.25, 0.3) is 0 Å². The van der Waals surface area contributed by atoms with Gasteiger partial charge < -0.3 is 10.3 Å². The number of hydrogen-bond acceptors (Lipinski definition) is 5. The van der Waals surface area contributed by atoms with Crippen LogP contribution in [0.2, 0.25) is 0 Å². The van der Waals surface area contributed by atoms with Crippen LogP contribution < -0.4 is 5.32 Å². The third-order valence-electron chi connectivity index (χ3n) is 3.89. The van der Waals surface area contributed by atoms with Crippen LogP contribution in [0.3, 0.4) is 0 Å². The topological polar surface area (TPSA) is 107 Å². The SMILES string of the molecule is CC1(C#N)C(=O)Nc2cc3[nH]c(-c4cnccn4)nc3cc21. The molecule has 2 aromatic heterocycles. The van der Waals surface area contributed by atoms with Crippen LogP contribution in [0.1, 0.15) is 12.5 Å². The summed E-state index contributed by atoms with van der Waals surface area (Å²) in [7, 11) is 0. The molecule has 7 heteroatoms. The molecule has 0 saturated carbocycles. The Morgan fingerprint density at radius 1 is 1.32 bits per heavy atom. The van der Waals surface area contributed by atoms with Crippen LogP contribution in [0.4, 0.5) is 5.69 Å². The zero-order valence-corrected chi connectivity index (χ0v) is 11.6. The highest BCUT2D eigenvalue weighted by molar-refractivity contribution is 6.09. The molecule has 1 aliphatic rings. The minimum Gasteiger partial charge on any atom is -0.337 e. The number of anilines is 1. The van der Waals surface area contributed by atoms with Gasteiger partial charge in [0.1, 0.15) is 5.69 Å². The molecular formula is C15H10N6O. The van der Waals surface area contributed by atoms with Crippen molar-refractivity contribution in [1.29, 1.82) is 5.26 Å². The van der Waals surface area contributed by atoms with Crippen molar-refractivity contribution in [2.24, 2.45) is 0 Å². The van der Waals surface area contributed by atoms with Gasteiger partial charge in [-0.2, -0.15) is 5.26 Å². The number of H-pyrrole nitrogens is 1. The summed E-state index contributed by atoms with van der Waals surface area (Å²) in [6, 6.07) is 5.63. The zero-order chi connectivity index (χ0) is 15.3. The van der Waals surface area contributed by atoms with Crippen molar-refractivity contribution in [2.45, 2.75) is 12.3 Å². The first kappa shape index (κ1) is 12.5. The first-order chi connectivity index (χ1) is 10.6. The second kappa shape index (κ2) is 4.11. The Bertz CT molecular complexity index is 955. The number of imidazole rings is 1. The molecule has 0 bridgehead atoms. The van der Waals surface area contributed by atoms with Gasteiger partial charge in [0.05, 0.1) is 23.3 Å². The maximum Gasteiger partial charge on any atom is 0.249 e. The number of amides is 1. The average molecular weight is 290 g/mol. The molecule has 106 valence electrons. The van der Waals surface area contributed by atoms with E-state index in [2.05, 4.69) is 31.3 Å². The van der Waals surface area contributed by atoms with Crippen LogP contribution in [0.15, 0.2) is 30.7 Å². The second-order valence-corrected chi connectivity index (χ2v) is 5.28. The largest absolute Gasteiger partial charge is 0.337 e. The van der Waals surface area contributed by atoms with E-state index in [4.69, 9.17) is 0 Å². The van der Waals surface area contributed by atoms with Crippen LogP contribution >= 0.6 is 0 Å². The van der Waals surface area contributed by atoms with Crippen molar-refractivity contribution >= 4 is 22.6 Å². The summed E-state index contributed by atoms with van der Waals surface area (Å²) in [5.41, 5.74) is 2.17. The van der Waals surface area contributed by atoms with E-state index in [-0.39, 0.29) is 5.91 Å². The Hall–Kier alpha value is -3.27. The number of carbonyl (C=O) groups excluding carboxylic acids is 1. The molecule has 3 aromatic rings. The Morgan fingerprint density at radius 3 is 2.91 bits per heavy atom. The molecule has 1 amide bonds. The van der Waals surface area contributed by atoms with Crippen LogP contribution in [0.5, 0.6) is 0 Å². The average Bonchev–Trinajstić information content (AvgIpc) is 3.06. The summed E-state index contributed by atoms with van der Waals surface area (Å²) in [6.45, 7) is 1.61. The van der Waals surface area contributed by atoms with Gasteiger partial charge in [-0.25, -0.2) is 9.97 Å². The number of nitrogens with one attached hydrogen (secondary N) is 2. The Labute approximate surface area is 125 Å². The molecule has 1 atom stereocenters. The lowest BCUT2D eigenvalue weighted by molar-refractivity contribution is -0.118. The molecule has 1 aliphatic heterocycles. The van der Waals surface area contributed by atoms with Gasteiger partial charge in [-0.05, 0) is 19.1 Å². The quantitative estimate of drug-likeness (QED) is 0.710. The van der Waals surface area contributed by atoms with Crippen molar-refractivity contribution < 1.29 is 4.79 Å². The van der Waals surface area contributed by atoms with Crippen LogP contribution in [-0.4, -0.2) is 25.8 Å². The fraction of sp³-hybridized carbons (Fsp3) is 0.133. The van der Waals surface area contributed by atoms with E-state index in [1.165, 1.54) is 0 Å². The van der Waals surface area contributed by atoms with E-state index < -0.39 is 5.41 Å². The van der Waals surface area contributed by atoms with E-state index in [0.717, 1.165) is 5.52 Å². The Morgan fingerprint density at radius 2 is 2.18 bits per heavy atom. The Kier molecular flexibility index (Phi) is 2.33. The van der Waals surface area contributed by atoms with Crippen LogP contribution in [0.25, 0.3) is 22.6 Å². The molecule has 22 heavy (non-hydrogen) atoms. The molecule has 0 saturated heterocycles. The first-order valence-corrected chi connectivity index (χ1v) is 6.65. The highest BCUT2D eigenvalue weighted by Crippen LogP contribution is 2.39. The number of benzene rings is 1. The monoisotopic (exact) mass is 290 g/mol. The molecule has 7 nitrogen and oxygen atoms in total. The molecular weight excluding hydrogens is 280 g/mol. The van der Waals surface area contributed by atoms with E-state index in [1.807, 2.05) is 0 Å². The fourth-order valence-electron chi connectivity index (χ4n) is 2.60. The highest BCUT2D eigenvalue weighted by atomic mass is 16.2. The molecule has 2 N–H and O–H groups in total. The number of carbonyl (C=O) groups is 1.